The van der Waals surface area contributed by atoms with Crippen molar-refractivity contribution in [2.45, 2.75) is 13.0 Å². The summed E-state index contributed by atoms with van der Waals surface area (Å²) in [5, 5.41) is 3.07. The summed E-state index contributed by atoms with van der Waals surface area (Å²) in [6.45, 7) is 3.48. The van der Waals surface area contributed by atoms with Gasteiger partial charge in [-0.1, -0.05) is 5.92 Å². The van der Waals surface area contributed by atoms with Crippen molar-refractivity contribution in [2.24, 2.45) is 0 Å². The summed E-state index contributed by atoms with van der Waals surface area (Å²) < 4.78 is 4.81. The van der Waals surface area contributed by atoms with Gasteiger partial charge in [0.15, 0.2) is 0 Å². The van der Waals surface area contributed by atoms with Crippen LogP contribution in [-0.4, -0.2) is 26.3 Å². The van der Waals surface area contributed by atoms with E-state index in [1.165, 1.54) is 0 Å². The van der Waals surface area contributed by atoms with Gasteiger partial charge in [0.2, 0.25) is 0 Å². The number of nitrogens with one attached hydrogen (secondary N) is 1. The molecule has 0 amide bonds. The first-order valence-electron chi connectivity index (χ1n) is 2.99. The summed E-state index contributed by atoms with van der Waals surface area (Å²) in [7, 11) is 1.67. The van der Waals surface area contributed by atoms with E-state index in [1.54, 1.807) is 7.11 Å². The monoisotopic (exact) mass is 127 g/mol. The van der Waals surface area contributed by atoms with Crippen molar-refractivity contribution in [3.05, 3.63) is 0 Å². The van der Waals surface area contributed by atoms with Gasteiger partial charge in [-0.25, -0.2) is 0 Å². The van der Waals surface area contributed by atoms with E-state index in [-0.39, 0.29) is 6.04 Å². The molecule has 2 nitrogen and oxygen atoms in total. The molecule has 0 radical (unpaired) electrons. The first-order valence-corrected chi connectivity index (χ1v) is 2.99. The molecule has 0 aliphatic carbocycles. The highest BCUT2D eigenvalue weighted by Crippen LogP contribution is 1.74. The highest BCUT2D eigenvalue weighted by atomic mass is 16.5. The number of terminal acetylenes is 1. The third kappa shape index (κ3) is 5.35. The molecule has 1 atom stereocenters. The minimum atomic E-state index is 0.153. The summed E-state index contributed by atoms with van der Waals surface area (Å²) in [5.74, 6) is 2.56. The van der Waals surface area contributed by atoms with Gasteiger partial charge < -0.3 is 10.1 Å². The first-order chi connectivity index (χ1) is 4.31. The maximum Gasteiger partial charge on any atom is 0.0659 e. The zero-order chi connectivity index (χ0) is 7.11. The summed E-state index contributed by atoms with van der Waals surface area (Å²) in [6, 6.07) is 0.153. The normalized spacial score (nSPS) is 12.6. The highest BCUT2D eigenvalue weighted by molar-refractivity contribution is 4.95. The molecule has 0 aliphatic heterocycles. The molecule has 0 saturated heterocycles. The summed E-state index contributed by atoms with van der Waals surface area (Å²) in [4.78, 5) is 0. The summed E-state index contributed by atoms with van der Waals surface area (Å²) in [6.07, 6.45) is 5.10. The lowest BCUT2D eigenvalue weighted by Crippen LogP contribution is -2.27. The largest absolute Gasteiger partial charge is 0.383 e. The van der Waals surface area contributed by atoms with Crippen LogP contribution in [0.15, 0.2) is 0 Å². The van der Waals surface area contributed by atoms with Crippen molar-refractivity contribution >= 4 is 0 Å². The van der Waals surface area contributed by atoms with Crippen LogP contribution in [0.1, 0.15) is 6.92 Å². The minimum absolute atomic E-state index is 0.153. The molecule has 52 valence electrons. The Bertz CT molecular complexity index is 95.6. The zero-order valence-electron chi connectivity index (χ0n) is 5.98. The van der Waals surface area contributed by atoms with E-state index in [4.69, 9.17) is 11.2 Å². The molecule has 0 bridgehead atoms. The van der Waals surface area contributed by atoms with Gasteiger partial charge in [-0.15, -0.1) is 6.42 Å². The standard InChI is InChI=1S/C7H13NO/c1-4-7(2)8-5-6-9-3/h1,7-8H,5-6H2,2-3H3. The van der Waals surface area contributed by atoms with Crippen LogP contribution in [0.4, 0.5) is 0 Å². The second-order valence-corrected chi connectivity index (χ2v) is 1.84. The molecule has 0 aromatic carbocycles. The molecule has 0 spiro atoms. The van der Waals surface area contributed by atoms with Crippen LogP contribution in [0.5, 0.6) is 0 Å². The molecular weight excluding hydrogens is 114 g/mol. The zero-order valence-corrected chi connectivity index (χ0v) is 5.98. The van der Waals surface area contributed by atoms with Crippen molar-refractivity contribution in [3.8, 4) is 12.3 Å². The first kappa shape index (κ1) is 8.48. The lowest BCUT2D eigenvalue weighted by molar-refractivity contribution is 0.198. The predicted molar refractivity (Wildman–Crippen MR) is 38.2 cm³/mol. The fourth-order valence-electron chi connectivity index (χ4n) is 0.436. The Labute approximate surface area is 56.6 Å². The van der Waals surface area contributed by atoms with Gasteiger partial charge in [-0.3, -0.25) is 0 Å². The van der Waals surface area contributed by atoms with Crippen LogP contribution in [0, 0.1) is 12.3 Å². The van der Waals surface area contributed by atoms with E-state index in [2.05, 4.69) is 11.2 Å². The van der Waals surface area contributed by atoms with Crippen LogP contribution in [-0.2, 0) is 4.74 Å². The maximum atomic E-state index is 5.10. The van der Waals surface area contributed by atoms with Crippen molar-refractivity contribution in [1.29, 1.82) is 0 Å². The molecule has 9 heavy (non-hydrogen) atoms. The highest BCUT2D eigenvalue weighted by Gasteiger charge is 1.91. The Morgan fingerprint density at radius 1 is 1.78 bits per heavy atom. The van der Waals surface area contributed by atoms with Crippen molar-refractivity contribution in [2.75, 3.05) is 20.3 Å². The third-order valence-electron chi connectivity index (χ3n) is 1.01. The molecule has 0 heterocycles. The topological polar surface area (TPSA) is 21.3 Å². The Balaban J connectivity index is 2.99. The van der Waals surface area contributed by atoms with E-state index in [0.717, 1.165) is 6.54 Å². The van der Waals surface area contributed by atoms with E-state index in [1.807, 2.05) is 6.92 Å². The number of methoxy groups -OCH3 is 1. The van der Waals surface area contributed by atoms with Gasteiger partial charge in [-0.2, -0.15) is 0 Å². The lowest BCUT2D eigenvalue weighted by Gasteiger charge is -2.04. The van der Waals surface area contributed by atoms with E-state index in [9.17, 15) is 0 Å². The van der Waals surface area contributed by atoms with Gasteiger partial charge in [0, 0.05) is 13.7 Å². The number of hydrogen-bond donors (Lipinski definition) is 1. The van der Waals surface area contributed by atoms with Crippen molar-refractivity contribution in [3.63, 3.8) is 0 Å². The van der Waals surface area contributed by atoms with Gasteiger partial charge in [-0.05, 0) is 6.92 Å². The second kappa shape index (κ2) is 5.61. The Hall–Kier alpha value is -0.520. The fraction of sp³-hybridized carbons (Fsp3) is 0.714. The van der Waals surface area contributed by atoms with Crippen LogP contribution in [0.25, 0.3) is 0 Å². The van der Waals surface area contributed by atoms with Crippen LogP contribution in [0.2, 0.25) is 0 Å². The van der Waals surface area contributed by atoms with Gasteiger partial charge in [0.1, 0.15) is 0 Å². The summed E-state index contributed by atoms with van der Waals surface area (Å²) >= 11 is 0. The molecule has 1 N–H and O–H groups in total. The van der Waals surface area contributed by atoms with E-state index >= 15 is 0 Å². The molecular formula is C7H13NO. The Morgan fingerprint density at radius 2 is 2.44 bits per heavy atom. The van der Waals surface area contributed by atoms with E-state index in [0.29, 0.717) is 6.61 Å². The number of ether oxygens (including phenoxy) is 1. The molecule has 0 aromatic heterocycles. The SMILES string of the molecule is C#CC(C)NCCOC. The number of hydrogen-bond acceptors (Lipinski definition) is 2. The molecule has 0 rings (SSSR count). The fourth-order valence-corrected chi connectivity index (χ4v) is 0.436. The smallest absolute Gasteiger partial charge is 0.0659 e. The molecule has 0 fully saturated rings. The van der Waals surface area contributed by atoms with Crippen LogP contribution >= 0.6 is 0 Å². The molecule has 0 aromatic rings. The minimum Gasteiger partial charge on any atom is -0.383 e. The average Bonchev–Trinajstić information content (AvgIpc) is 1.89. The lowest BCUT2D eigenvalue weighted by atomic mass is 10.3. The molecule has 1 unspecified atom stereocenters. The summed E-state index contributed by atoms with van der Waals surface area (Å²) in [5.41, 5.74) is 0. The molecule has 2 heteroatoms. The van der Waals surface area contributed by atoms with Crippen molar-refractivity contribution < 1.29 is 4.74 Å². The van der Waals surface area contributed by atoms with Gasteiger partial charge >= 0.3 is 0 Å². The van der Waals surface area contributed by atoms with Gasteiger partial charge in [0.05, 0.1) is 12.6 Å². The average molecular weight is 127 g/mol. The van der Waals surface area contributed by atoms with Crippen LogP contribution < -0.4 is 5.32 Å². The second-order valence-electron chi connectivity index (χ2n) is 1.84. The maximum absolute atomic E-state index is 5.10. The molecule has 0 saturated carbocycles. The number of rotatable bonds is 4. The quantitative estimate of drug-likeness (QED) is 0.431. The van der Waals surface area contributed by atoms with Gasteiger partial charge in [0.25, 0.3) is 0 Å². The molecule has 0 aliphatic rings. The Kier molecular flexibility index (Phi) is 5.29. The third-order valence-corrected chi connectivity index (χ3v) is 1.01. The van der Waals surface area contributed by atoms with Crippen LogP contribution in [0.3, 0.4) is 0 Å². The Morgan fingerprint density at radius 3 is 2.89 bits per heavy atom. The predicted octanol–water partition coefficient (Wildman–Crippen LogP) is 0.244. The van der Waals surface area contributed by atoms with Crippen molar-refractivity contribution in [1.82, 2.24) is 5.32 Å². The van der Waals surface area contributed by atoms with E-state index < -0.39 is 0 Å².